The van der Waals surface area contributed by atoms with E-state index in [1.807, 2.05) is 34.9 Å². The van der Waals surface area contributed by atoms with E-state index in [0.717, 1.165) is 50.8 Å². The van der Waals surface area contributed by atoms with Gasteiger partial charge in [0.25, 0.3) is 0 Å². The molecule has 0 bridgehead atoms. The number of unbranched alkanes of at least 4 members (excludes halogenated alkanes) is 3. The highest BCUT2D eigenvalue weighted by molar-refractivity contribution is 5.79. The number of carbonyl (C=O) groups excluding carboxylic acids is 1. The maximum atomic E-state index is 13.3. The summed E-state index contributed by atoms with van der Waals surface area (Å²) in [5.74, 6) is 5.82. The predicted molar refractivity (Wildman–Crippen MR) is 131 cm³/mol. The zero-order valence-electron chi connectivity index (χ0n) is 20.7. The van der Waals surface area contributed by atoms with Crippen LogP contribution in [0.15, 0.2) is 18.2 Å². The largest absolute Gasteiger partial charge is 0.481 e. The van der Waals surface area contributed by atoms with Crippen molar-refractivity contribution in [3.8, 4) is 23.3 Å². The SMILES string of the molecule is CCCC#C[C@@H]1[C@@H](C(=O)O)[C@@H](c2ccc3c(c2)OCO3)CN1CC(=O)N(CCCC)CCCC. The van der Waals surface area contributed by atoms with Gasteiger partial charge in [-0.05, 0) is 37.0 Å². The van der Waals surface area contributed by atoms with Gasteiger partial charge in [0.15, 0.2) is 11.5 Å². The summed E-state index contributed by atoms with van der Waals surface area (Å²) in [4.78, 5) is 29.7. The molecule has 34 heavy (non-hydrogen) atoms. The van der Waals surface area contributed by atoms with Gasteiger partial charge in [0.05, 0.1) is 18.5 Å². The molecule has 2 aliphatic rings. The average Bonchev–Trinajstić information content (AvgIpc) is 3.43. The minimum atomic E-state index is -0.887. The fourth-order valence-corrected chi connectivity index (χ4v) is 4.67. The van der Waals surface area contributed by atoms with Gasteiger partial charge in [0, 0.05) is 32.0 Å². The smallest absolute Gasteiger partial charge is 0.309 e. The normalized spacial score (nSPS) is 21.2. The Balaban J connectivity index is 1.87. The van der Waals surface area contributed by atoms with Crippen molar-refractivity contribution in [2.45, 2.75) is 71.3 Å². The Labute approximate surface area is 203 Å². The summed E-state index contributed by atoms with van der Waals surface area (Å²) in [5.41, 5.74) is 0.878. The molecule has 3 rings (SSSR count). The zero-order valence-corrected chi connectivity index (χ0v) is 20.7. The second-order valence-corrected chi connectivity index (χ2v) is 9.12. The lowest BCUT2D eigenvalue weighted by Gasteiger charge is -2.27. The number of ether oxygens (including phenoxy) is 2. The van der Waals surface area contributed by atoms with Gasteiger partial charge >= 0.3 is 5.97 Å². The van der Waals surface area contributed by atoms with Crippen molar-refractivity contribution in [3.05, 3.63) is 23.8 Å². The quantitative estimate of drug-likeness (QED) is 0.490. The van der Waals surface area contributed by atoms with Crippen molar-refractivity contribution >= 4 is 11.9 Å². The van der Waals surface area contributed by atoms with Gasteiger partial charge in [-0.1, -0.05) is 45.6 Å². The van der Waals surface area contributed by atoms with E-state index in [2.05, 4.69) is 25.7 Å². The van der Waals surface area contributed by atoms with Gasteiger partial charge in [-0.2, -0.15) is 0 Å². The molecule has 1 aromatic carbocycles. The highest BCUT2D eigenvalue weighted by Crippen LogP contribution is 2.41. The fraction of sp³-hybridized carbons (Fsp3) is 0.630. The van der Waals surface area contributed by atoms with Crippen LogP contribution in [-0.4, -0.2) is 65.8 Å². The number of nitrogens with zero attached hydrogens (tertiary/aromatic N) is 2. The minimum absolute atomic E-state index is 0.0552. The summed E-state index contributed by atoms with van der Waals surface area (Å²) in [5, 5.41) is 10.2. The van der Waals surface area contributed by atoms with Crippen LogP contribution in [0.3, 0.4) is 0 Å². The van der Waals surface area contributed by atoms with Crippen LogP contribution >= 0.6 is 0 Å². The van der Waals surface area contributed by atoms with E-state index >= 15 is 0 Å². The molecule has 1 N–H and O–H groups in total. The lowest BCUT2D eigenvalue weighted by Crippen LogP contribution is -2.44. The van der Waals surface area contributed by atoms with Gasteiger partial charge in [0.2, 0.25) is 12.7 Å². The van der Waals surface area contributed by atoms with Crippen molar-refractivity contribution in [3.63, 3.8) is 0 Å². The van der Waals surface area contributed by atoms with E-state index < -0.39 is 17.9 Å². The summed E-state index contributed by atoms with van der Waals surface area (Å²) in [6.07, 6.45) is 5.60. The number of aliphatic carboxylic acids is 1. The number of rotatable bonds is 11. The summed E-state index contributed by atoms with van der Waals surface area (Å²) in [7, 11) is 0. The number of fused-ring (bicyclic) bond motifs is 1. The number of carboxylic acid groups (broad SMARTS) is 1. The van der Waals surface area contributed by atoms with Gasteiger partial charge < -0.3 is 19.5 Å². The first-order valence-corrected chi connectivity index (χ1v) is 12.6. The maximum absolute atomic E-state index is 13.3. The van der Waals surface area contributed by atoms with Crippen molar-refractivity contribution in [2.24, 2.45) is 5.92 Å². The number of carbonyl (C=O) groups is 2. The van der Waals surface area contributed by atoms with E-state index in [4.69, 9.17) is 9.47 Å². The van der Waals surface area contributed by atoms with Crippen LogP contribution in [0.4, 0.5) is 0 Å². The molecule has 7 nitrogen and oxygen atoms in total. The number of amides is 1. The second kappa shape index (κ2) is 12.7. The van der Waals surface area contributed by atoms with Crippen LogP contribution < -0.4 is 9.47 Å². The zero-order chi connectivity index (χ0) is 24.5. The van der Waals surface area contributed by atoms with Crippen LogP contribution in [0.25, 0.3) is 0 Å². The first kappa shape index (κ1) is 25.9. The molecule has 2 heterocycles. The van der Waals surface area contributed by atoms with E-state index in [-0.39, 0.29) is 25.2 Å². The van der Waals surface area contributed by atoms with Crippen LogP contribution in [-0.2, 0) is 9.59 Å². The van der Waals surface area contributed by atoms with Crippen LogP contribution in [0.2, 0.25) is 0 Å². The molecular formula is C27H38N2O5. The summed E-state index contributed by atoms with van der Waals surface area (Å²) < 4.78 is 10.9. The lowest BCUT2D eigenvalue weighted by molar-refractivity contribution is -0.143. The number of hydrogen-bond acceptors (Lipinski definition) is 5. The van der Waals surface area contributed by atoms with Crippen LogP contribution in [0.1, 0.15) is 70.8 Å². The minimum Gasteiger partial charge on any atom is -0.481 e. The monoisotopic (exact) mass is 470 g/mol. The molecular weight excluding hydrogens is 432 g/mol. The number of benzene rings is 1. The van der Waals surface area contributed by atoms with Crippen molar-refractivity contribution < 1.29 is 24.2 Å². The second-order valence-electron chi connectivity index (χ2n) is 9.12. The topological polar surface area (TPSA) is 79.3 Å². The van der Waals surface area contributed by atoms with Crippen molar-refractivity contribution in [1.82, 2.24) is 9.80 Å². The number of likely N-dealkylation sites (tertiary alicyclic amines) is 1. The van der Waals surface area contributed by atoms with E-state index in [9.17, 15) is 14.7 Å². The summed E-state index contributed by atoms with van der Waals surface area (Å²) in [6, 6.07) is 5.10. The molecule has 0 aromatic heterocycles. The standard InChI is InChI=1S/C27H38N2O5/c1-4-7-10-11-22-26(27(31)32)21(20-12-13-23-24(16-20)34-19-33-23)17-29(22)18-25(30)28(14-8-5-2)15-9-6-3/h12-13,16,21-22,26H,4-9,14-15,17-19H2,1-3H3,(H,31,32)/t21-,22-,26+/m1/s1. The molecule has 7 heteroatoms. The summed E-state index contributed by atoms with van der Waals surface area (Å²) in [6.45, 7) is 8.59. The highest BCUT2D eigenvalue weighted by Gasteiger charge is 2.47. The third kappa shape index (κ3) is 6.24. The fourth-order valence-electron chi connectivity index (χ4n) is 4.67. The number of carboxylic acids is 1. The maximum Gasteiger partial charge on any atom is 0.309 e. The van der Waals surface area contributed by atoms with Crippen molar-refractivity contribution in [2.75, 3.05) is 33.0 Å². The molecule has 2 aliphatic heterocycles. The Morgan fingerprint density at radius 3 is 2.44 bits per heavy atom. The average molecular weight is 471 g/mol. The first-order chi connectivity index (χ1) is 16.5. The Bertz CT molecular complexity index is 898. The van der Waals surface area contributed by atoms with Crippen molar-refractivity contribution in [1.29, 1.82) is 0 Å². The number of hydrogen-bond donors (Lipinski definition) is 1. The Morgan fingerprint density at radius 2 is 1.79 bits per heavy atom. The molecule has 0 radical (unpaired) electrons. The Kier molecular flexibility index (Phi) is 9.64. The molecule has 1 saturated heterocycles. The molecule has 0 spiro atoms. The molecule has 1 aromatic rings. The van der Waals surface area contributed by atoms with Gasteiger partial charge in [-0.15, -0.1) is 5.92 Å². The van der Waals surface area contributed by atoms with Gasteiger partial charge in [-0.3, -0.25) is 14.5 Å². The predicted octanol–water partition coefficient (Wildman–Crippen LogP) is 4.12. The molecule has 186 valence electrons. The molecule has 0 saturated carbocycles. The lowest BCUT2D eigenvalue weighted by atomic mass is 9.85. The van der Waals surface area contributed by atoms with E-state index in [1.54, 1.807) is 0 Å². The molecule has 1 amide bonds. The third-order valence-electron chi connectivity index (χ3n) is 6.59. The first-order valence-electron chi connectivity index (χ1n) is 12.6. The highest BCUT2D eigenvalue weighted by atomic mass is 16.7. The molecule has 1 fully saturated rings. The van der Waals surface area contributed by atoms with Gasteiger partial charge in [0.1, 0.15) is 0 Å². The Morgan fingerprint density at radius 1 is 1.09 bits per heavy atom. The van der Waals surface area contributed by atoms with Crippen LogP contribution in [0.5, 0.6) is 11.5 Å². The Hall–Kier alpha value is -2.72. The van der Waals surface area contributed by atoms with Crippen LogP contribution in [0, 0.1) is 17.8 Å². The van der Waals surface area contributed by atoms with E-state index in [1.165, 1.54) is 0 Å². The summed E-state index contributed by atoms with van der Waals surface area (Å²) >= 11 is 0. The molecule has 0 aliphatic carbocycles. The third-order valence-corrected chi connectivity index (χ3v) is 6.59. The van der Waals surface area contributed by atoms with Gasteiger partial charge in [-0.25, -0.2) is 0 Å². The molecule has 0 unspecified atom stereocenters. The molecule has 3 atom stereocenters. The van der Waals surface area contributed by atoms with E-state index in [0.29, 0.717) is 24.5 Å².